The molecule has 1 aromatic heterocycles. The first kappa shape index (κ1) is 26.1. The second kappa shape index (κ2) is 9.84. The molecule has 4 rings (SSSR count). The minimum atomic E-state index is -3.08. The van der Waals surface area contributed by atoms with E-state index in [-0.39, 0.29) is 21.8 Å². The monoisotopic (exact) mass is 563 g/mol. The number of benzene rings is 2. The number of alkyl halides is 4. The van der Waals surface area contributed by atoms with Crippen molar-refractivity contribution in [3.8, 4) is 0 Å². The Hall–Kier alpha value is -2.95. The molecule has 0 saturated heterocycles. The molecule has 1 saturated carbocycles. The van der Waals surface area contributed by atoms with Crippen molar-refractivity contribution < 1.29 is 31.5 Å². The van der Waals surface area contributed by atoms with Crippen LogP contribution in [0.2, 0.25) is 5.02 Å². The molecule has 3 aromatic rings. The van der Waals surface area contributed by atoms with Gasteiger partial charge in [-0.25, -0.2) is 26.9 Å². The molecule has 5 nitrogen and oxygen atoms in total. The van der Waals surface area contributed by atoms with Crippen molar-refractivity contribution in [3.63, 3.8) is 0 Å². The number of hydrogen-bond donors (Lipinski definition) is 2. The average Bonchev–Trinajstić information content (AvgIpc) is 3.39. The number of nitrogens with one attached hydrogen (secondary N) is 2. The molecule has 1 aliphatic rings. The quantitative estimate of drug-likeness (QED) is 0.254. The number of nitrogens with zero attached hydrogens (tertiary/aromatic N) is 1. The zero-order valence-corrected chi connectivity index (χ0v) is 19.9. The van der Waals surface area contributed by atoms with E-state index in [1.807, 2.05) is 0 Å². The molecule has 0 spiro atoms. The van der Waals surface area contributed by atoms with E-state index in [1.165, 1.54) is 24.3 Å². The average molecular weight is 565 g/mol. The maximum absolute atomic E-state index is 13.8. The van der Waals surface area contributed by atoms with Gasteiger partial charge in [0.1, 0.15) is 16.0 Å². The van der Waals surface area contributed by atoms with Gasteiger partial charge in [-0.15, -0.1) is 23.2 Å². The predicted molar refractivity (Wildman–Crippen MR) is 124 cm³/mol. The Morgan fingerprint density at radius 2 is 1.69 bits per heavy atom. The van der Waals surface area contributed by atoms with Crippen LogP contribution < -0.4 is 10.6 Å². The van der Waals surface area contributed by atoms with Crippen molar-refractivity contribution in [1.82, 2.24) is 4.98 Å². The van der Waals surface area contributed by atoms with Crippen LogP contribution >= 0.6 is 34.8 Å². The van der Waals surface area contributed by atoms with Crippen LogP contribution in [0.3, 0.4) is 0 Å². The second-order valence-electron chi connectivity index (χ2n) is 7.83. The maximum Gasteiger partial charge on any atom is 0.266 e. The van der Waals surface area contributed by atoms with Crippen LogP contribution in [0, 0.1) is 23.4 Å². The van der Waals surface area contributed by atoms with Crippen LogP contribution in [0.25, 0.3) is 0 Å². The molecular weight excluding hydrogens is 552 g/mol. The van der Waals surface area contributed by atoms with Crippen LogP contribution in [-0.2, 0) is 4.79 Å². The van der Waals surface area contributed by atoms with Crippen molar-refractivity contribution in [1.29, 1.82) is 0 Å². The molecule has 0 bridgehead atoms. The van der Waals surface area contributed by atoms with E-state index in [9.17, 15) is 31.5 Å². The summed E-state index contributed by atoms with van der Waals surface area (Å²) in [5.41, 5.74) is -0.773. The summed E-state index contributed by atoms with van der Waals surface area (Å²) in [5, 5.41) is 4.60. The standard InChI is InChI=1S/C23H13Cl3F5N3O2/c24-14-3-2-11(7-12(14)21(35)34-20-16(29)6-10(27)8-32-20)33-22(36)18-17(23(18,25)26)9-1-4-15(28)13(5-9)19(30)31/h1-8,17-19H,(H,33,36)(H,32,34,35)/t17-,18+/m0/s1. The molecule has 1 aliphatic carbocycles. The Labute approximate surface area is 215 Å². The molecule has 0 radical (unpaired) electrons. The largest absolute Gasteiger partial charge is 0.326 e. The molecule has 1 fully saturated rings. The molecular formula is C23H13Cl3F5N3O2. The normalized spacial score (nSPS) is 18.1. The molecule has 2 atom stereocenters. The van der Waals surface area contributed by atoms with Gasteiger partial charge in [0.05, 0.1) is 28.3 Å². The van der Waals surface area contributed by atoms with Gasteiger partial charge < -0.3 is 10.6 Å². The molecule has 0 unspecified atom stereocenters. The summed E-state index contributed by atoms with van der Waals surface area (Å²) < 4.78 is 65.0. The van der Waals surface area contributed by atoms with Gasteiger partial charge in [-0.2, -0.15) is 0 Å². The van der Waals surface area contributed by atoms with Crippen molar-refractivity contribution in [3.05, 3.63) is 87.8 Å². The Kier molecular flexibility index (Phi) is 7.14. The number of anilines is 2. The van der Waals surface area contributed by atoms with E-state index in [0.29, 0.717) is 12.3 Å². The minimum Gasteiger partial charge on any atom is -0.326 e. The number of pyridine rings is 1. The number of rotatable bonds is 6. The lowest BCUT2D eigenvalue weighted by Gasteiger charge is -2.10. The maximum atomic E-state index is 13.8. The van der Waals surface area contributed by atoms with Gasteiger partial charge in [-0.3, -0.25) is 9.59 Å². The first-order valence-electron chi connectivity index (χ1n) is 10.1. The van der Waals surface area contributed by atoms with E-state index >= 15 is 0 Å². The summed E-state index contributed by atoms with van der Waals surface area (Å²) in [6, 6.07) is 7.33. The van der Waals surface area contributed by atoms with Crippen LogP contribution in [0.1, 0.15) is 33.8 Å². The van der Waals surface area contributed by atoms with Gasteiger partial charge in [0.2, 0.25) is 5.91 Å². The summed E-state index contributed by atoms with van der Waals surface area (Å²) in [5.74, 6) is -7.27. The lowest BCUT2D eigenvalue weighted by molar-refractivity contribution is -0.117. The summed E-state index contributed by atoms with van der Waals surface area (Å²) >= 11 is 18.5. The molecule has 188 valence electrons. The van der Waals surface area contributed by atoms with E-state index in [2.05, 4.69) is 15.6 Å². The number of carbonyl (C=O) groups is 2. The van der Waals surface area contributed by atoms with Crippen LogP contribution in [0.5, 0.6) is 0 Å². The lowest BCUT2D eigenvalue weighted by Crippen LogP contribution is -2.19. The third-order valence-corrected chi connectivity index (χ3v) is 6.74. The zero-order valence-electron chi connectivity index (χ0n) is 17.6. The van der Waals surface area contributed by atoms with Gasteiger partial charge in [-0.1, -0.05) is 17.7 Å². The summed E-state index contributed by atoms with van der Waals surface area (Å²) in [7, 11) is 0. The fourth-order valence-corrected chi connectivity index (χ4v) is 4.70. The van der Waals surface area contributed by atoms with Crippen LogP contribution in [0.4, 0.5) is 33.5 Å². The van der Waals surface area contributed by atoms with Crippen molar-refractivity contribution in [2.75, 3.05) is 10.6 Å². The molecule has 13 heteroatoms. The number of hydrogen-bond acceptors (Lipinski definition) is 3. The van der Waals surface area contributed by atoms with Gasteiger partial charge in [0, 0.05) is 17.7 Å². The molecule has 0 aliphatic heterocycles. The van der Waals surface area contributed by atoms with Gasteiger partial charge >= 0.3 is 0 Å². The predicted octanol–water partition coefficient (Wildman–Crippen LogP) is 6.87. The van der Waals surface area contributed by atoms with Gasteiger partial charge in [-0.05, 0) is 35.9 Å². The third kappa shape index (κ3) is 5.11. The molecule has 1 heterocycles. The van der Waals surface area contributed by atoms with E-state index < -0.39 is 63.2 Å². The smallest absolute Gasteiger partial charge is 0.266 e. The van der Waals surface area contributed by atoms with Gasteiger partial charge in [0.25, 0.3) is 12.3 Å². The summed E-state index contributed by atoms with van der Waals surface area (Å²) in [4.78, 5) is 28.9. The number of halogens is 8. The Morgan fingerprint density at radius 3 is 2.36 bits per heavy atom. The Morgan fingerprint density at radius 1 is 0.972 bits per heavy atom. The summed E-state index contributed by atoms with van der Waals surface area (Å²) in [6.45, 7) is 0. The third-order valence-electron chi connectivity index (χ3n) is 5.47. The van der Waals surface area contributed by atoms with Crippen LogP contribution in [-0.4, -0.2) is 21.1 Å². The fraction of sp³-hybridized carbons (Fsp3) is 0.174. The number of carbonyl (C=O) groups excluding carboxylic acids is 2. The molecule has 2 amide bonds. The number of amides is 2. The first-order chi connectivity index (χ1) is 16.9. The van der Waals surface area contributed by atoms with E-state index in [4.69, 9.17) is 34.8 Å². The second-order valence-corrected chi connectivity index (χ2v) is 9.68. The fourth-order valence-electron chi connectivity index (χ4n) is 3.67. The van der Waals surface area contributed by atoms with Crippen LogP contribution in [0.15, 0.2) is 48.7 Å². The summed E-state index contributed by atoms with van der Waals surface area (Å²) in [6.07, 6.45) is -2.37. The molecule has 2 aromatic carbocycles. The highest BCUT2D eigenvalue weighted by Crippen LogP contribution is 2.65. The highest BCUT2D eigenvalue weighted by molar-refractivity contribution is 6.53. The SMILES string of the molecule is O=C(Nc1ncc(F)cc1F)c1cc(NC(=O)[C@H]2[C@H](c3ccc(F)c(C(F)F)c3)C2(Cl)Cl)ccc1Cl. The highest BCUT2D eigenvalue weighted by Gasteiger charge is 2.67. The first-order valence-corrected chi connectivity index (χ1v) is 11.2. The topological polar surface area (TPSA) is 71.1 Å². The minimum absolute atomic E-state index is 0.0489. The molecule has 2 N–H and O–H groups in total. The Bertz CT molecular complexity index is 1370. The lowest BCUT2D eigenvalue weighted by atomic mass is 10.0. The van der Waals surface area contributed by atoms with E-state index in [1.54, 1.807) is 0 Å². The van der Waals surface area contributed by atoms with Crippen molar-refractivity contribution in [2.24, 2.45) is 5.92 Å². The zero-order chi connectivity index (χ0) is 26.4. The van der Waals surface area contributed by atoms with Crippen molar-refractivity contribution >= 4 is 58.1 Å². The van der Waals surface area contributed by atoms with Crippen molar-refractivity contribution in [2.45, 2.75) is 16.7 Å². The Balaban J connectivity index is 1.52. The highest BCUT2D eigenvalue weighted by atomic mass is 35.5. The number of aromatic nitrogens is 1. The van der Waals surface area contributed by atoms with E-state index in [0.717, 1.165) is 12.1 Å². The van der Waals surface area contributed by atoms with Gasteiger partial charge in [0.15, 0.2) is 11.6 Å². The molecule has 36 heavy (non-hydrogen) atoms.